The van der Waals surface area contributed by atoms with E-state index in [1.165, 1.54) is 6.07 Å². The predicted molar refractivity (Wildman–Crippen MR) is 67.5 cm³/mol. The normalized spacial score (nSPS) is 10.1. The Morgan fingerprint density at radius 1 is 1.33 bits per heavy atom. The first-order chi connectivity index (χ1) is 8.66. The topological polar surface area (TPSA) is 72.3 Å². The third-order valence-electron chi connectivity index (χ3n) is 2.15. The minimum Gasteiger partial charge on any atom is -0.485 e. The fourth-order valence-electron chi connectivity index (χ4n) is 1.34. The van der Waals surface area contributed by atoms with Crippen molar-refractivity contribution in [3.05, 3.63) is 52.5 Å². The van der Waals surface area contributed by atoms with Gasteiger partial charge in [-0.2, -0.15) is 0 Å². The highest BCUT2D eigenvalue weighted by Gasteiger charge is 2.12. The van der Waals surface area contributed by atoms with Gasteiger partial charge in [0.05, 0.1) is 0 Å². The van der Waals surface area contributed by atoms with E-state index >= 15 is 0 Å². The Hall–Kier alpha value is -1.95. The molecule has 0 spiro atoms. The van der Waals surface area contributed by atoms with Crippen molar-refractivity contribution >= 4 is 21.9 Å². The number of carbonyl (C=O) groups is 1. The average molecular weight is 309 g/mol. The highest BCUT2D eigenvalue weighted by atomic mass is 79.9. The Bertz CT molecular complexity index is 561. The van der Waals surface area contributed by atoms with Crippen LogP contribution in [-0.2, 0) is 6.61 Å². The number of hydrogen-bond acceptors (Lipinski definition) is 4. The van der Waals surface area contributed by atoms with Gasteiger partial charge in [-0.3, -0.25) is 0 Å². The van der Waals surface area contributed by atoms with E-state index in [4.69, 9.17) is 9.84 Å². The first-order valence-corrected chi connectivity index (χ1v) is 5.87. The number of aromatic carboxylic acids is 1. The molecule has 0 saturated heterocycles. The molecule has 5 nitrogen and oxygen atoms in total. The minimum absolute atomic E-state index is 0.0975. The summed E-state index contributed by atoms with van der Waals surface area (Å²) in [5.74, 6) is -0.254. The summed E-state index contributed by atoms with van der Waals surface area (Å²) >= 11 is 3.22. The van der Waals surface area contributed by atoms with Crippen LogP contribution in [0.15, 0.2) is 41.1 Å². The number of hydrogen-bond donors (Lipinski definition) is 1. The van der Waals surface area contributed by atoms with Crippen LogP contribution in [0.2, 0.25) is 0 Å². The van der Waals surface area contributed by atoms with Crippen molar-refractivity contribution in [1.82, 2.24) is 9.97 Å². The number of nitrogens with zero attached hydrogens (tertiary/aromatic N) is 2. The molecular formula is C12H9BrN2O3. The van der Waals surface area contributed by atoms with Crippen molar-refractivity contribution in [2.45, 2.75) is 6.61 Å². The molecule has 1 aromatic heterocycles. The molecule has 18 heavy (non-hydrogen) atoms. The van der Waals surface area contributed by atoms with E-state index in [0.717, 1.165) is 0 Å². The average Bonchev–Trinajstić information content (AvgIpc) is 2.38. The number of halogens is 1. The van der Waals surface area contributed by atoms with Crippen molar-refractivity contribution in [2.24, 2.45) is 0 Å². The lowest BCUT2D eigenvalue weighted by Crippen LogP contribution is -2.05. The van der Waals surface area contributed by atoms with Crippen LogP contribution in [0.1, 0.15) is 16.2 Å². The van der Waals surface area contributed by atoms with Crippen LogP contribution in [0.4, 0.5) is 0 Å². The van der Waals surface area contributed by atoms with E-state index in [0.29, 0.717) is 10.3 Å². The molecule has 0 amide bonds. The van der Waals surface area contributed by atoms with Crippen LogP contribution >= 0.6 is 15.9 Å². The van der Waals surface area contributed by atoms with Crippen molar-refractivity contribution in [1.29, 1.82) is 0 Å². The zero-order chi connectivity index (χ0) is 13.0. The van der Waals surface area contributed by atoms with E-state index in [-0.39, 0.29) is 17.9 Å². The summed E-state index contributed by atoms with van der Waals surface area (Å²) in [4.78, 5) is 19.0. The number of carboxylic acids is 1. The molecular weight excluding hydrogens is 300 g/mol. The highest BCUT2D eigenvalue weighted by molar-refractivity contribution is 9.10. The molecule has 0 radical (unpaired) electrons. The predicted octanol–water partition coefficient (Wildman–Crippen LogP) is 2.52. The van der Waals surface area contributed by atoms with Crippen molar-refractivity contribution < 1.29 is 14.6 Å². The molecule has 2 aromatic rings. The summed E-state index contributed by atoms with van der Waals surface area (Å²) in [6.45, 7) is 0.128. The lowest BCUT2D eigenvalue weighted by molar-refractivity contribution is 0.0691. The van der Waals surface area contributed by atoms with Gasteiger partial charge in [-0.25, -0.2) is 14.8 Å². The molecule has 1 N–H and O–H groups in total. The number of benzene rings is 1. The Morgan fingerprint density at radius 2 is 2.06 bits per heavy atom. The molecule has 0 aliphatic carbocycles. The van der Waals surface area contributed by atoms with Crippen molar-refractivity contribution in [3.8, 4) is 5.75 Å². The molecule has 0 unspecified atom stereocenters. The molecule has 0 bridgehead atoms. The molecule has 0 atom stereocenters. The summed E-state index contributed by atoms with van der Waals surface area (Å²) in [6, 6.07) is 6.50. The smallest absolute Gasteiger partial charge is 0.339 e. The third-order valence-corrected chi connectivity index (χ3v) is 2.64. The second-order valence-electron chi connectivity index (χ2n) is 3.40. The summed E-state index contributed by atoms with van der Waals surface area (Å²) in [5, 5.41) is 9.06. The second kappa shape index (κ2) is 5.59. The molecule has 0 aliphatic heterocycles. The van der Waals surface area contributed by atoms with Crippen LogP contribution in [0.3, 0.4) is 0 Å². The summed E-state index contributed by atoms with van der Waals surface area (Å²) in [7, 11) is 0. The SMILES string of the molecule is O=C(O)c1cc(Br)ccc1OCc1ncccn1. The van der Waals surface area contributed by atoms with E-state index in [9.17, 15) is 4.79 Å². The van der Waals surface area contributed by atoms with Gasteiger partial charge in [-0.05, 0) is 24.3 Å². The molecule has 2 rings (SSSR count). The largest absolute Gasteiger partial charge is 0.485 e. The third kappa shape index (κ3) is 3.04. The van der Waals surface area contributed by atoms with Crippen molar-refractivity contribution in [3.63, 3.8) is 0 Å². The van der Waals surface area contributed by atoms with E-state index < -0.39 is 5.97 Å². The van der Waals surface area contributed by atoms with Gasteiger partial charge in [0.2, 0.25) is 0 Å². The Balaban J connectivity index is 2.17. The molecule has 1 heterocycles. The fourth-order valence-corrected chi connectivity index (χ4v) is 1.70. The molecule has 1 aromatic carbocycles. The molecule has 6 heteroatoms. The molecule has 0 saturated carbocycles. The van der Waals surface area contributed by atoms with Crippen LogP contribution < -0.4 is 4.74 Å². The van der Waals surface area contributed by atoms with Gasteiger partial charge < -0.3 is 9.84 Å². The second-order valence-corrected chi connectivity index (χ2v) is 4.32. The molecule has 92 valence electrons. The lowest BCUT2D eigenvalue weighted by Gasteiger charge is -2.08. The standard InChI is InChI=1S/C12H9BrN2O3/c13-8-2-3-10(9(6-8)12(16)17)18-7-11-14-4-1-5-15-11/h1-6H,7H2,(H,16,17). The van der Waals surface area contributed by atoms with Crippen LogP contribution in [0, 0.1) is 0 Å². The van der Waals surface area contributed by atoms with Gasteiger partial charge >= 0.3 is 5.97 Å². The van der Waals surface area contributed by atoms with Gasteiger partial charge in [0, 0.05) is 16.9 Å². The van der Waals surface area contributed by atoms with Crippen LogP contribution in [0.25, 0.3) is 0 Å². The maximum atomic E-state index is 11.1. The zero-order valence-corrected chi connectivity index (χ0v) is 10.8. The molecule has 0 aliphatic rings. The fraction of sp³-hybridized carbons (Fsp3) is 0.0833. The highest BCUT2D eigenvalue weighted by Crippen LogP contribution is 2.23. The zero-order valence-electron chi connectivity index (χ0n) is 9.21. The first kappa shape index (κ1) is 12.5. The number of rotatable bonds is 4. The van der Waals surface area contributed by atoms with Gasteiger partial charge in [0.15, 0.2) is 5.82 Å². The quantitative estimate of drug-likeness (QED) is 0.939. The lowest BCUT2D eigenvalue weighted by atomic mass is 10.2. The van der Waals surface area contributed by atoms with Crippen LogP contribution in [0.5, 0.6) is 5.75 Å². The summed E-state index contributed by atoms with van der Waals surface area (Å²) in [5.41, 5.74) is 0.0975. The van der Waals surface area contributed by atoms with E-state index in [1.807, 2.05) is 0 Å². The maximum Gasteiger partial charge on any atom is 0.339 e. The Kier molecular flexibility index (Phi) is 3.88. The maximum absolute atomic E-state index is 11.1. The van der Waals surface area contributed by atoms with Gasteiger partial charge in [-0.15, -0.1) is 0 Å². The van der Waals surface area contributed by atoms with E-state index in [2.05, 4.69) is 25.9 Å². The van der Waals surface area contributed by atoms with Gasteiger partial charge in [0.25, 0.3) is 0 Å². The summed E-state index contributed by atoms with van der Waals surface area (Å²) < 4.78 is 6.10. The number of carboxylic acid groups (broad SMARTS) is 1. The van der Waals surface area contributed by atoms with Crippen LogP contribution in [-0.4, -0.2) is 21.0 Å². The minimum atomic E-state index is -1.04. The summed E-state index contributed by atoms with van der Waals surface area (Å²) in [6.07, 6.45) is 3.21. The molecule has 0 fully saturated rings. The Morgan fingerprint density at radius 3 is 2.72 bits per heavy atom. The van der Waals surface area contributed by atoms with Gasteiger partial charge in [0.1, 0.15) is 17.9 Å². The number of aromatic nitrogens is 2. The Labute approximate surface area is 112 Å². The number of ether oxygens (including phenoxy) is 1. The monoisotopic (exact) mass is 308 g/mol. The first-order valence-electron chi connectivity index (χ1n) is 5.08. The van der Waals surface area contributed by atoms with Gasteiger partial charge in [-0.1, -0.05) is 15.9 Å². The van der Waals surface area contributed by atoms with E-state index in [1.54, 1.807) is 30.6 Å². The van der Waals surface area contributed by atoms with Crippen molar-refractivity contribution in [2.75, 3.05) is 0 Å².